The SMILES string of the molecule is CCc1nnn(-c2ccc(N=C=O)cc2)n1. The number of hydrogen-bond acceptors (Lipinski definition) is 5. The number of isocyanates is 1. The normalized spacial score (nSPS) is 9.81. The quantitative estimate of drug-likeness (QED) is 0.569. The number of rotatable bonds is 3. The van der Waals surface area contributed by atoms with Crippen LogP contribution in [-0.4, -0.2) is 26.3 Å². The number of benzene rings is 1. The van der Waals surface area contributed by atoms with Crippen LogP contribution >= 0.6 is 0 Å². The van der Waals surface area contributed by atoms with Gasteiger partial charge in [0.1, 0.15) is 0 Å². The Balaban J connectivity index is 2.30. The molecular weight excluding hydrogens is 206 g/mol. The van der Waals surface area contributed by atoms with E-state index < -0.39 is 0 Å². The van der Waals surface area contributed by atoms with Gasteiger partial charge in [-0.15, -0.1) is 15.0 Å². The number of hydrogen-bond donors (Lipinski definition) is 0. The molecule has 0 aliphatic heterocycles. The lowest BCUT2D eigenvalue weighted by atomic mass is 10.3. The van der Waals surface area contributed by atoms with Crippen molar-refractivity contribution in [1.82, 2.24) is 20.2 Å². The minimum atomic E-state index is 0.551. The van der Waals surface area contributed by atoms with E-state index in [4.69, 9.17) is 0 Å². The van der Waals surface area contributed by atoms with Crippen LogP contribution in [0.5, 0.6) is 0 Å². The highest BCUT2D eigenvalue weighted by Crippen LogP contribution is 2.13. The fraction of sp³-hybridized carbons (Fsp3) is 0.200. The maximum absolute atomic E-state index is 10.0. The summed E-state index contributed by atoms with van der Waals surface area (Å²) in [6.07, 6.45) is 2.22. The number of nitrogens with zero attached hydrogens (tertiary/aromatic N) is 5. The van der Waals surface area contributed by atoms with Gasteiger partial charge in [-0.3, -0.25) is 0 Å². The molecule has 0 bridgehead atoms. The molecule has 0 fully saturated rings. The van der Waals surface area contributed by atoms with Gasteiger partial charge in [0.2, 0.25) is 6.08 Å². The second-order valence-electron chi connectivity index (χ2n) is 3.07. The predicted octanol–water partition coefficient (Wildman–Crippen LogP) is 1.19. The van der Waals surface area contributed by atoms with Crippen molar-refractivity contribution in [2.24, 2.45) is 4.99 Å². The molecule has 0 saturated heterocycles. The summed E-state index contributed by atoms with van der Waals surface area (Å²) in [4.78, 5) is 15.0. The molecule has 2 aromatic rings. The second kappa shape index (κ2) is 4.46. The molecule has 6 heteroatoms. The maximum atomic E-state index is 10.0. The first-order valence-corrected chi connectivity index (χ1v) is 4.80. The van der Waals surface area contributed by atoms with Crippen LogP contribution < -0.4 is 0 Å². The Morgan fingerprint density at radius 2 is 2.12 bits per heavy atom. The molecule has 1 heterocycles. The van der Waals surface area contributed by atoms with Crippen LogP contribution in [0.2, 0.25) is 0 Å². The molecule has 0 aliphatic rings. The van der Waals surface area contributed by atoms with E-state index in [2.05, 4.69) is 20.4 Å². The molecule has 0 unspecified atom stereocenters. The van der Waals surface area contributed by atoms with Gasteiger partial charge in [0.25, 0.3) is 0 Å². The molecule has 0 N–H and O–H groups in total. The van der Waals surface area contributed by atoms with Crippen molar-refractivity contribution in [3.05, 3.63) is 30.1 Å². The first-order chi connectivity index (χ1) is 7.83. The average Bonchev–Trinajstić information content (AvgIpc) is 2.79. The topological polar surface area (TPSA) is 73.0 Å². The zero-order chi connectivity index (χ0) is 11.4. The molecule has 0 aliphatic carbocycles. The molecule has 2 rings (SSSR count). The van der Waals surface area contributed by atoms with E-state index in [1.807, 2.05) is 6.92 Å². The van der Waals surface area contributed by atoms with E-state index in [1.54, 1.807) is 24.3 Å². The Labute approximate surface area is 91.6 Å². The van der Waals surface area contributed by atoms with Crippen molar-refractivity contribution in [1.29, 1.82) is 0 Å². The van der Waals surface area contributed by atoms with Gasteiger partial charge in [0, 0.05) is 6.42 Å². The highest BCUT2D eigenvalue weighted by Gasteiger charge is 2.02. The van der Waals surface area contributed by atoms with E-state index in [0.29, 0.717) is 11.5 Å². The summed E-state index contributed by atoms with van der Waals surface area (Å²) < 4.78 is 0. The Bertz CT molecular complexity index is 524. The zero-order valence-corrected chi connectivity index (χ0v) is 8.66. The molecule has 0 radical (unpaired) electrons. The van der Waals surface area contributed by atoms with Crippen molar-refractivity contribution in [2.45, 2.75) is 13.3 Å². The summed E-state index contributed by atoms with van der Waals surface area (Å²) in [6.45, 7) is 1.96. The van der Waals surface area contributed by atoms with E-state index in [1.165, 1.54) is 10.9 Å². The Morgan fingerprint density at radius 1 is 1.38 bits per heavy atom. The van der Waals surface area contributed by atoms with Crippen molar-refractivity contribution in [3.63, 3.8) is 0 Å². The first kappa shape index (κ1) is 10.2. The lowest BCUT2D eigenvalue weighted by molar-refractivity contribution is 0.565. The van der Waals surface area contributed by atoms with Crippen LogP contribution in [0.1, 0.15) is 12.7 Å². The third-order valence-electron chi connectivity index (χ3n) is 2.03. The van der Waals surface area contributed by atoms with Crippen LogP contribution in [-0.2, 0) is 11.2 Å². The minimum absolute atomic E-state index is 0.551. The van der Waals surface area contributed by atoms with Crippen LogP contribution in [0.25, 0.3) is 5.69 Å². The van der Waals surface area contributed by atoms with Gasteiger partial charge in [0.05, 0.1) is 11.4 Å². The number of carbonyl (C=O) groups excluding carboxylic acids is 1. The van der Waals surface area contributed by atoms with E-state index in [-0.39, 0.29) is 0 Å². The zero-order valence-electron chi connectivity index (χ0n) is 8.66. The smallest absolute Gasteiger partial charge is 0.211 e. The largest absolute Gasteiger partial charge is 0.240 e. The van der Waals surface area contributed by atoms with Crippen molar-refractivity contribution >= 4 is 11.8 Å². The van der Waals surface area contributed by atoms with Gasteiger partial charge in [-0.05, 0) is 29.5 Å². The van der Waals surface area contributed by atoms with E-state index >= 15 is 0 Å². The van der Waals surface area contributed by atoms with Crippen molar-refractivity contribution in [2.75, 3.05) is 0 Å². The fourth-order valence-corrected chi connectivity index (χ4v) is 1.21. The van der Waals surface area contributed by atoms with Gasteiger partial charge in [-0.2, -0.15) is 4.99 Å². The number of aryl methyl sites for hydroxylation is 1. The third kappa shape index (κ3) is 2.02. The van der Waals surface area contributed by atoms with Gasteiger partial charge < -0.3 is 0 Å². The standard InChI is InChI=1S/C10H9N5O/c1-2-10-12-14-15(13-10)9-5-3-8(4-6-9)11-7-16/h3-6H,2H2,1H3. The van der Waals surface area contributed by atoms with Crippen LogP contribution in [0, 0.1) is 0 Å². The summed E-state index contributed by atoms with van der Waals surface area (Å²) in [7, 11) is 0. The molecule has 16 heavy (non-hydrogen) atoms. The number of aliphatic imine (C=N–C) groups is 1. The number of tetrazole rings is 1. The Morgan fingerprint density at radius 3 is 2.69 bits per heavy atom. The summed E-state index contributed by atoms with van der Waals surface area (Å²) >= 11 is 0. The first-order valence-electron chi connectivity index (χ1n) is 4.80. The fourth-order valence-electron chi connectivity index (χ4n) is 1.21. The molecule has 1 aromatic carbocycles. The van der Waals surface area contributed by atoms with E-state index in [9.17, 15) is 4.79 Å². The molecule has 80 valence electrons. The molecule has 0 atom stereocenters. The average molecular weight is 215 g/mol. The summed E-state index contributed by atoms with van der Waals surface area (Å²) in [5.41, 5.74) is 1.33. The van der Waals surface area contributed by atoms with Gasteiger partial charge in [0.15, 0.2) is 5.82 Å². The monoisotopic (exact) mass is 215 g/mol. The Hall–Kier alpha value is -2.33. The molecule has 6 nitrogen and oxygen atoms in total. The summed E-state index contributed by atoms with van der Waals surface area (Å²) in [6, 6.07) is 6.90. The van der Waals surface area contributed by atoms with Gasteiger partial charge in [-0.1, -0.05) is 6.92 Å². The highest BCUT2D eigenvalue weighted by atomic mass is 16.1. The van der Waals surface area contributed by atoms with Crippen LogP contribution in [0.3, 0.4) is 0 Å². The molecule has 0 saturated carbocycles. The van der Waals surface area contributed by atoms with Crippen molar-refractivity contribution < 1.29 is 4.79 Å². The van der Waals surface area contributed by atoms with Crippen LogP contribution in [0.4, 0.5) is 5.69 Å². The second-order valence-corrected chi connectivity index (χ2v) is 3.07. The lowest BCUT2D eigenvalue weighted by Crippen LogP contribution is -1.98. The molecular formula is C10H9N5O. The molecule has 0 spiro atoms. The van der Waals surface area contributed by atoms with Gasteiger partial charge >= 0.3 is 0 Å². The predicted molar refractivity (Wildman–Crippen MR) is 56.3 cm³/mol. The highest BCUT2D eigenvalue weighted by molar-refractivity contribution is 5.51. The Kier molecular flexibility index (Phi) is 2.84. The third-order valence-corrected chi connectivity index (χ3v) is 2.03. The number of aromatic nitrogens is 4. The minimum Gasteiger partial charge on any atom is -0.211 e. The maximum Gasteiger partial charge on any atom is 0.240 e. The summed E-state index contributed by atoms with van der Waals surface area (Å²) in [5, 5.41) is 11.9. The molecule has 0 amide bonds. The summed E-state index contributed by atoms with van der Waals surface area (Å²) in [5.74, 6) is 0.690. The van der Waals surface area contributed by atoms with E-state index in [0.717, 1.165) is 12.1 Å². The van der Waals surface area contributed by atoms with Crippen molar-refractivity contribution in [3.8, 4) is 5.69 Å². The van der Waals surface area contributed by atoms with Gasteiger partial charge in [-0.25, -0.2) is 4.79 Å². The molecule has 1 aromatic heterocycles. The van der Waals surface area contributed by atoms with Crippen LogP contribution in [0.15, 0.2) is 29.3 Å². The lowest BCUT2D eigenvalue weighted by Gasteiger charge is -1.97.